The summed E-state index contributed by atoms with van der Waals surface area (Å²) in [5, 5.41) is 12.9. The Bertz CT molecular complexity index is 1490. The van der Waals surface area contributed by atoms with Gasteiger partial charge in [-0.05, 0) is 63.6 Å². The highest BCUT2D eigenvalue weighted by Gasteiger charge is 2.33. The Balaban J connectivity index is 1.85. The first-order valence-electron chi connectivity index (χ1n) is 11.3. The number of carbonyl (C=O) groups is 1. The summed E-state index contributed by atoms with van der Waals surface area (Å²) in [5.41, 5.74) is -0.201. The molecule has 2 atom stereocenters. The van der Waals surface area contributed by atoms with Crippen LogP contribution < -0.4 is 10.7 Å². The Morgan fingerprint density at radius 3 is 2.56 bits per heavy atom. The van der Waals surface area contributed by atoms with Gasteiger partial charge in [0.05, 0.1) is 34.5 Å². The molecule has 1 aliphatic heterocycles. The van der Waals surface area contributed by atoms with Crippen LogP contribution in [0.15, 0.2) is 56.7 Å². The van der Waals surface area contributed by atoms with Crippen molar-refractivity contribution in [1.29, 1.82) is 0 Å². The van der Waals surface area contributed by atoms with Crippen molar-refractivity contribution < 1.29 is 27.5 Å². The van der Waals surface area contributed by atoms with Crippen LogP contribution in [0.1, 0.15) is 58.3 Å². The van der Waals surface area contributed by atoms with Crippen LogP contribution in [0.2, 0.25) is 0 Å². The van der Waals surface area contributed by atoms with Crippen LogP contribution >= 0.6 is 0 Å². The van der Waals surface area contributed by atoms with Gasteiger partial charge >= 0.3 is 12.1 Å². The van der Waals surface area contributed by atoms with Crippen LogP contribution in [0.4, 0.5) is 18.9 Å². The number of rotatable bonds is 5. The molecule has 9 heteroatoms. The molecule has 3 aromatic rings. The zero-order valence-electron chi connectivity index (χ0n) is 20.2. The number of allylic oxidation sites excluding steroid dienone is 1. The van der Waals surface area contributed by atoms with Crippen LogP contribution in [-0.2, 0) is 11.6 Å². The molecule has 0 aliphatic carbocycles. The van der Waals surface area contributed by atoms with Crippen LogP contribution in [0, 0.1) is 13.8 Å². The van der Waals surface area contributed by atoms with E-state index in [0.29, 0.717) is 40.5 Å². The predicted octanol–water partition coefficient (Wildman–Crippen LogP) is 6.20. The van der Waals surface area contributed by atoms with E-state index in [1.54, 1.807) is 32.2 Å². The van der Waals surface area contributed by atoms with Crippen LogP contribution in [-0.4, -0.2) is 23.8 Å². The number of aliphatic imine (C=N–C) groups is 1. The lowest BCUT2D eigenvalue weighted by molar-refractivity contribution is -0.137. The highest BCUT2D eigenvalue weighted by molar-refractivity contribution is 5.94. The number of hydrogen-bond donors (Lipinski definition) is 2. The van der Waals surface area contributed by atoms with Gasteiger partial charge in [0, 0.05) is 23.0 Å². The summed E-state index contributed by atoms with van der Waals surface area (Å²) in [5.74, 6) is -1.02. The molecule has 0 fully saturated rings. The third-order valence-electron chi connectivity index (χ3n) is 6.40. The number of nitrogens with one attached hydrogen (secondary N) is 1. The number of anilines is 1. The molecule has 0 spiro atoms. The number of carboxylic acid groups (broad SMARTS) is 1. The maximum atomic E-state index is 13.4. The average Bonchev–Trinajstić information content (AvgIpc) is 2.81. The second-order valence-electron chi connectivity index (χ2n) is 9.31. The number of halogens is 3. The minimum absolute atomic E-state index is 0.0175. The molecule has 0 amide bonds. The van der Waals surface area contributed by atoms with E-state index in [1.807, 2.05) is 26.0 Å². The highest BCUT2D eigenvalue weighted by atomic mass is 19.4. The Kier molecular flexibility index (Phi) is 6.28. The molecule has 188 valence electrons. The summed E-state index contributed by atoms with van der Waals surface area (Å²) in [7, 11) is 0. The third kappa shape index (κ3) is 4.53. The topological polar surface area (TPSA) is 91.9 Å². The van der Waals surface area contributed by atoms with Gasteiger partial charge in [-0.3, -0.25) is 9.79 Å². The van der Waals surface area contributed by atoms with Crippen molar-refractivity contribution in [3.63, 3.8) is 0 Å². The van der Waals surface area contributed by atoms with Gasteiger partial charge in [0.2, 0.25) is 0 Å². The summed E-state index contributed by atoms with van der Waals surface area (Å²) in [4.78, 5) is 29.4. The first kappa shape index (κ1) is 25.2. The van der Waals surface area contributed by atoms with E-state index in [-0.39, 0.29) is 11.1 Å². The van der Waals surface area contributed by atoms with Crippen molar-refractivity contribution in [3.8, 4) is 0 Å². The minimum atomic E-state index is -4.67. The van der Waals surface area contributed by atoms with E-state index in [9.17, 15) is 27.9 Å². The second kappa shape index (κ2) is 8.96. The Labute approximate surface area is 205 Å². The van der Waals surface area contributed by atoms with Crippen molar-refractivity contribution in [3.05, 3.63) is 86.3 Å². The summed E-state index contributed by atoms with van der Waals surface area (Å²) in [6.45, 7) is 7.58. The summed E-state index contributed by atoms with van der Waals surface area (Å²) in [6, 6.07) is 5.46. The van der Waals surface area contributed by atoms with Gasteiger partial charge in [0.1, 0.15) is 11.3 Å². The molecule has 36 heavy (non-hydrogen) atoms. The van der Waals surface area contributed by atoms with Gasteiger partial charge in [-0.2, -0.15) is 13.2 Å². The van der Waals surface area contributed by atoms with Crippen molar-refractivity contribution in [2.24, 2.45) is 4.99 Å². The number of aromatic carboxylic acids is 1. The molecule has 2 heterocycles. The van der Waals surface area contributed by atoms with Crippen LogP contribution in [0.3, 0.4) is 0 Å². The van der Waals surface area contributed by atoms with E-state index in [1.165, 1.54) is 0 Å². The third-order valence-corrected chi connectivity index (χ3v) is 6.40. The monoisotopic (exact) mass is 498 g/mol. The van der Waals surface area contributed by atoms with Crippen molar-refractivity contribution in [2.75, 3.05) is 11.9 Å². The smallest absolute Gasteiger partial charge is 0.416 e. The average molecular weight is 499 g/mol. The molecule has 0 saturated carbocycles. The van der Waals surface area contributed by atoms with E-state index >= 15 is 0 Å². The molecule has 0 saturated heterocycles. The van der Waals surface area contributed by atoms with Crippen molar-refractivity contribution in [2.45, 2.75) is 45.3 Å². The molecule has 2 aromatic carbocycles. The number of aryl methyl sites for hydroxylation is 1. The first-order valence-corrected chi connectivity index (χ1v) is 11.3. The van der Waals surface area contributed by atoms with Gasteiger partial charge < -0.3 is 14.8 Å². The Morgan fingerprint density at radius 2 is 1.94 bits per heavy atom. The quantitative estimate of drug-likeness (QED) is 0.437. The fourth-order valence-corrected chi connectivity index (χ4v) is 4.53. The number of fused-ring (bicyclic) bond motifs is 1. The van der Waals surface area contributed by atoms with Gasteiger partial charge in [0.25, 0.3) is 0 Å². The normalized spacial score (nSPS) is 18.4. The Hall–Kier alpha value is -3.88. The minimum Gasteiger partial charge on any atom is -0.478 e. The van der Waals surface area contributed by atoms with Gasteiger partial charge in [-0.1, -0.05) is 12.1 Å². The fraction of sp³-hybridized carbons (Fsp3) is 0.296. The number of alkyl halides is 3. The van der Waals surface area contributed by atoms with Gasteiger partial charge in [0.15, 0.2) is 5.43 Å². The van der Waals surface area contributed by atoms with Gasteiger partial charge in [-0.15, -0.1) is 0 Å². The molecule has 1 aliphatic rings. The van der Waals surface area contributed by atoms with Gasteiger partial charge in [-0.25, -0.2) is 4.79 Å². The predicted molar refractivity (Wildman–Crippen MR) is 132 cm³/mol. The Morgan fingerprint density at radius 1 is 1.22 bits per heavy atom. The van der Waals surface area contributed by atoms with Crippen LogP contribution in [0.25, 0.3) is 11.0 Å². The lowest BCUT2D eigenvalue weighted by atomic mass is 9.83. The lowest BCUT2D eigenvalue weighted by Crippen LogP contribution is -2.29. The molecule has 2 N–H and O–H groups in total. The van der Waals surface area contributed by atoms with E-state index in [2.05, 4.69) is 10.3 Å². The summed E-state index contributed by atoms with van der Waals surface area (Å²) < 4.78 is 45.8. The number of benzene rings is 2. The maximum absolute atomic E-state index is 13.4. The molecule has 0 bridgehead atoms. The van der Waals surface area contributed by atoms with Crippen LogP contribution in [0.5, 0.6) is 0 Å². The summed E-state index contributed by atoms with van der Waals surface area (Å²) >= 11 is 0. The number of dihydropyridines is 1. The maximum Gasteiger partial charge on any atom is 0.416 e. The first-order chi connectivity index (χ1) is 16.8. The lowest BCUT2D eigenvalue weighted by Gasteiger charge is -2.27. The number of carboxylic acids is 1. The van der Waals surface area contributed by atoms with E-state index < -0.39 is 34.7 Å². The highest BCUT2D eigenvalue weighted by Crippen LogP contribution is 2.36. The molecule has 2 unspecified atom stereocenters. The van der Waals surface area contributed by atoms with E-state index in [0.717, 1.165) is 17.7 Å². The summed E-state index contributed by atoms with van der Waals surface area (Å²) in [6.07, 6.45) is 0.729. The fourth-order valence-electron chi connectivity index (χ4n) is 4.53. The SMILES string of the molecule is Cc1cc(C(C)Nc2ccc(C(F)(F)F)cc2C(=O)O)c2oc(C3(C)C=CC=NC3)c(C)c(=O)c2c1. The molecular formula is C27H25F3N2O4. The molecule has 0 radical (unpaired) electrons. The standard InChI is InChI=1S/C27H25F3N2O4/c1-14-10-18(16(3)32-21-7-6-17(27(28,29)30)12-19(21)25(34)35)23-20(11-14)22(33)15(2)24(36-23)26(4)8-5-9-31-13-26/h5-12,16,32H,13H2,1-4H3,(H,34,35). The second-order valence-corrected chi connectivity index (χ2v) is 9.31. The van der Waals surface area contributed by atoms with Crippen molar-refractivity contribution in [1.82, 2.24) is 0 Å². The molecular weight excluding hydrogens is 473 g/mol. The zero-order valence-corrected chi connectivity index (χ0v) is 20.2. The molecule has 1 aromatic heterocycles. The molecule has 6 nitrogen and oxygen atoms in total. The zero-order chi connectivity index (χ0) is 26.4. The van der Waals surface area contributed by atoms with E-state index in [4.69, 9.17) is 4.42 Å². The number of nitrogens with zero attached hydrogens (tertiary/aromatic N) is 1. The largest absolute Gasteiger partial charge is 0.478 e. The molecule has 4 rings (SSSR count). The number of hydrogen-bond acceptors (Lipinski definition) is 5. The van der Waals surface area contributed by atoms with Crippen molar-refractivity contribution >= 4 is 28.8 Å².